The van der Waals surface area contributed by atoms with Gasteiger partial charge in [0.2, 0.25) is 0 Å². The van der Waals surface area contributed by atoms with Crippen LogP contribution in [0.5, 0.6) is 0 Å². The molecule has 0 saturated heterocycles. The molecule has 0 aliphatic heterocycles. The number of carbonyl (C=O) groups excluding carboxylic acids is 1. The zero-order valence-corrected chi connectivity index (χ0v) is 17.3. The molecular formula is C23H20F2N6O2. The van der Waals surface area contributed by atoms with Gasteiger partial charge in [0.1, 0.15) is 34.1 Å². The molecule has 0 bridgehead atoms. The molecular weight excluding hydrogens is 430 g/mol. The molecule has 1 saturated carbocycles. The number of aliphatic hydroxyl groups is 1. The molecule has 2 aromatic heterocycles. The average Bonchev–Trinajstić information content (AvgIpc) is 3.09. The number of carbonyl (C=O) groups is 1. The first-order valence-electron chi connectivity index (χ1n) is 10.2. The second kappa shape index (κ2) is 7.32. The molecule has 0 spiro atoms. The first kappa shape index (κ1) is 21.0. The number of amides is 1. The number of halogens is 2. The first-order chi connectivity index (χ1) is 15.7. The number of fused-ring (bicyclic) bond motifs is 1. The van der Waals surface area contributed by atoms with Crippen molar-refractivity contribution in [1.29, 1.82) is 0 Å². The van der Waals surface area contributed by atoms with Crippen LogP contribution < -0.4 is 17.2 Å². The molecule has 4 aromatic rings. The second-order valence-electron chi connectivity index (χ2n) is 8.26. The molecule has 168 valence electrons. The molecule has 1 aliphatic carbocycles. The van der Waals surface area contributed by atoms with E-state index >= 15 is 4.39 Å². The molecule has 0 unspecified atom stereocenters. The zero-order chi connectivity index (χ0) is 23.5. The van der Waals surface area contributed by atoms with Crippen LogP contribution in [0.15, 0.2) is 48.5 Å². The van der Waals surface area contributed by atoms with Crippen LogP contribution in [-0.4, -0.2) is 31.5 Å². The molecule has 1 fully saturated rings. The number of nitrogens with zero attached hydrogens (tertiary/aromatic N) is 3. The van der Waals surface area contributed by atoms with E-state index in [4.69, 9.17) is 17.2 Å². The Hall–Kier alpha value is -3.89. The minimum Gasteiger partial charge on any atom is -0.383 e. The van der Waals surface area contributed by atoms with Crippen LogP contribution in [0.1, 0.15) is 29.2 Å². The summed E-state index contributed by atoms with van der Waals surface area (Å²) < 4.78 is 31.3. The van der Waals surface area contributed by atoms with Gasteiger partial charge in [-0.2, -0.15) is 5.10 Å². The molecule has 10 heteroatoms. The lowest BCUT2D eigenvalue weighted by Crippen LogP contribution is -2.52. The van der Waals surface area contributed by atoms with E-state index in [9.17, 15) is 14.3 Å². The third-order valence-electron chi connectivity index (χ3n) is 5.92. The third-order valence-corrected chi connectivity index (χ3v) is 5.92. The maximum absolute atomic E-state index is 15.7. The molecule has 1 aliphatic rings. The Morgan fingerprint density at radius 3 is 2.45 bits per heavy atom. The zero-order valence-electron chi connectivity index (χ0n) is 17.3. The topological polar surface area (TPSA) is 146 Å². The normalized spacial score (nSPS) is 20.1. The van der Waals surface area contributed by atoms with Crippen molar-refractivity contribution >= 4 is 22.6 Å². The molecule has 7 N–H and O–H groups in total. The van der Waals surface area contributed by atoms with Crippen LogP contribution in [0, 0.1) is 11.6 Å². The van der Waals surface area contributed by atoms with Gasteiger partial charge in [-0.3, -0.25) is 4.79 Å². The number of hydrogen-bond donors (Lipinski definition) is 4. The predicted molar refractivity (Wildman–Crippen MR) is 119 cm³/mol. The van der Waals surface area contributed by atoms with Crippen molar-refractivity contribution in [3.8, 4) is 22.5 Å². The average molecular weight is 450 g/mol. The predicted octanol–water partition coefficient (Wildman–Crippen LogP) is 2.71. The Morgan fingerprint density at radius 1 is 1.09 bits per heavy atom. The summed E-state index contributed by atoms with van der Waals surface area (Å²) >= 11 is 0. The fourth-order valence-corrected chi connectivity index (χ4v) is 4.24. The van der Waals surface area contributed by atoms with Crippen LogP contribution in [0.25, 0.3) is 33.4 Å². The summed E-state index contributed by atoms with van der Waals surface area (Å²) in [6.07, 6.45) is 0.342. The molecule has 33 heavy (non-hydrogen) atoms. The highest BCUT2D eigenvalue weighted by atomic mass is 19.1. The number of nitrogens with two attached hydrogens (primary N) is 3. The van der Waals surface area contributed by atoms with E-state index in [0.29, 0.717) is 5.39 Å². The minimum absolute atomic E-state index is 0.0169. The molecule has 2 heterocycles. The number of hydrogen-bond acceptors (Lipinski definition) is 6. The van der Waals surface area contributed by atoms with Crippen molar-refractivity contribution in [3.05, 3.63) is 65.7 Å². The summed E-state index contributed by atoms with van der Waals surface area (Å²) in [6.45, 7) is 0. The van der Waals surface area contributed by atoms with Crippen LogP contribution in [0.4, 0.5) is 14.6 Å². The fraction of sp³-hybridized carbons (Fsp3) is 0.174. The highest BCUT2D eigenvalue weighted by Crippen LogP contribution is 2.41. The van der Waals surface area contributed by atoms with Crippen LogP contribution in [0.3, 0.4) is 0 Å². The summed E-state index contributed by atoms with van der Waals surface area (Å²) in [7, 11) is 0. The van der Waals surface area contributed by atoms with Gasteiger partial charge in [0.05, 0.1) is 11.7 Å². The van der Waals surface area contributed by atoms with Crippen LogP contribution in [0.2, 0.25) is 0 Å². The van der Waals surface area contributed by atoms with Gasteiger partial charge >= 0.3 is 0 Å². The molecule has 0 radical (unpaired) electrons. The first-order valence-corrected chi connectivity index (χ1v) is 10.2. The fourth-order valence-electron chi connectivity index (χ4n) is 4.24. The lowest BCUT2D eigenvalue weighted by molar-refractivity contribution is -0.0643. The molecule has 1 amide bonds. The summed E-state index contributed by atoms with van der Waals surface area (Å²) in [5.41, 5.74) is 16.2. The van der Waals surface area contributed by atoms with Crippen molar-refractivity contribution in [2.45, 2.75) is 24.6 Å². The van der Waals surface area contributed by atoms with Crippen molar-refractivity contribution in [3.63, 3.8) is 0 Å². The number of rotatable bonds is 4. The summed E-state index contributed by atoms with van der Waals surface area (Å²) in [5, 5.41) is 14.7. The maximum Gasteiger partial charge on any atom is 0.254 e. The number of anilines is 1. The van der Waals surface area contributed by atoms with Gasteiger partial charge in [-0.05, 0) is 24.3 Å². The Labute approximate surface area is 186 Å². The van der Waals surface area contributed by atoms with E-state index in [0.717, 1.165) is 0 Å². The number of benzene rings is 2. The Kier molecular flexibility index (Phi) is 4.66. The van der Waals surface area contributed by atoms with Gasteiger partial charge in [0.25, 0.3) is 5.91 Å². The van der Waals surface area contributed by atoms with E-state index in [1.807, 2.05) is 0 Å². The van der Waals surface area contributed by atoms with Crippen LogP contribution >= 0.6 is 0 Å². The van der Waals surface area contributed by atoms with E-state index < -0.39 is 23.3 Å². The van der Waals surface area contributed by atoms with Gasteiger partial charge in [-0.25, -0.2) is 18.4 Å². The van der Waals surface area contributed by atoms with Crippen LogP contribution in [-0.2, 0) is 0 Å². The highest BCUT2D eigenvalue weighted by molar-refractivity contribution is 6.04. The molecule has 2 aromatic carbocycles. The molecule has 0 atom stereocenters. The van der Waals surface area contributed by atoms with E-state index in [2.05, 4.69) is 10.1 Å². The largest absolute Gasteiger partial charge is 0.383 e. The SMILES string of the molecule is NC(=O)c1c(-c2ccc3ccc(-c4ccccc4F)nc3c2F)nn([C@H]2C[C@@](N)(O)C2)c1N. The van der Waals surface area contributed by atoms with Gasteiger partial charge in [-0.15, -0.1) is 0 Å². The van der Waals surface area contributed by atoms with Gasteiger partial charge in [-0.1, -0.05) is 24.3 Å². The molecule has 5 rings (SSSR count). The monoisotopic (exact) mass is 450 g/mol. The number of pyridine rings is 1. The Bertz CT molecular complexity index is 1420. The Balaban J connectivity index is 1.67. The highest BCUT2D eigenvalue weighted by Gasteiger charge is 2.42. The van der Waals surface area contributed by atoms with E-state index in [-0.39, 0.29) is 58.3 Å². The molecule has 8 nitrogen and oxygen atoms in total. The van der Waals surface area contributed by atoms with Crippen molar-refractivity contribution in [2.24, 2.45) is 11.5 Å². The number of primary amides is 1. The van der Waals surface area contributed by atoms with Crippen molar-refractivity contribution < 1.29 is 18.7 Å². The lowest BCUT2D eigenvalue weighted by Gasteiger charge is -2.40. The van der Waals surface area contributed by atoms with E-state index in [1.54, 1.807) is 36.4 Å². The van der Waals surface area contributed by atoms with Crippen molar-refractivity contribution in [2.75, 3.05) is 5.73 Å². The Morgan fingerprint density at radius 2 is 1.79 bits per heavy atom. The maximum atomic E-state index is 15.7. The van der Waals surface area contributed by atoms with Gasteiger partial charge in [0.15, 0.2) is 5.82 Å². The van der Waals surface area contributed by atoms with Gasteiger partial charge in [0, 0.05) is 29.4 Å². The lowest BCUT2D eigenvalue weighted by atomic mass is 9.83. The third kappa shape index (κ3) is 3.40. The summed E-state index contributed by atoms with van der Waals surface area (Å²) in [5.74, 6) is -2.14. The quantitative estimate of drug-likeness (QED) is 0.352. The summed E-state index contributed by atoms with van der Waals surface area (Å²) in [4.78, 5) is 16.5. The standard InChI is InChI=1S/C23H20F2N6O2/c24-15-4-2-1-3-13(15)16-8-6-11-5-7-14(18(25)19(11)29-16)20-17(22(27)32)21(26)31(30-20)12-9-23(28,33)10-12/h1-8,12,33H,9-10,26,28H2,(H2,27,32)/t12-,23+. The number of nitrogen functional groups attached to an aromatic ring is 1. The smallest absolute Gasteiger partial charge is 0.254 e. The minimum atomic E-state index is -1.35. The number of aromatic nitrogens is 3. The van der Waals surface area contributed by atoms with E-state index in [1.165, 1.54) is 16.8 Å². The van der Waals surface area contributed by atoms with Gasteiger partial charge < -0.3 is 22.3 Å². The van der Waals surface area contributed by atoms with Crippen molar-refractivity contribution in [1.82, 2.24) is 14.8 Å². The summed E-state index contributed by atoms with van der Waals surface area (Å²) in [6, 6.07) is 12.0. The second-order valence-corrected chi connectivity index (χ2v) is 8.26.